The predicted octanol–water partition coefficient (Wildman–Crippen LogP) is 17.6. The van der Waals surface area contributed by atoms with Gasteiger partial charge in [0.2, 0.25) is 5.91 Å². The summed E-state index contributed by atoms with van der Waals surface area (Å²) in [7, 11) is 0. The monoisotopic (exact) mass is 924 g/mol. The molecule has 66 heavy (non-hydrogen) atoms. The Morgan fingerprint density at radius 1 is 0.455 bits per heavy atom. The fourth-order valence-corrected chi connectivity index (χ4v) is 8.53. The van der Waals surface area contributed by atoms with Crippen LogP contribution in [0.4, 0.5) is 0 Å². The van der Waals surface area contributed by atoms with E-state index in [1.807, 2.05) is 0 Å². The number of carbonyl (C=O) groups is 2. The Morgan fingerprint density at radius 3 is 1.27 bits per heavy atom. The van der Waals surface area contributed by atoms with Crippen LogP contribution >= 0.6 is 0 Å². The maximum atomic E-state index is 13.2. The quantitative estimate of drug-likeness (QED) is 0.0321. The second kappa shape index (κ2) is 53.5. The van der Waals surface area contributed by atoms with E-state index in [-0.39, 0.29) is 24.9 Å². The molecular formula is C60H109NO5. The average molecular weight is 925 g/mol. The van der Waals surface area contributed by atoms with Crippen LogP contribution in [0.1, 0.15) is 284 Å². The number of allylic oxidation sites excluding steroid dienone is 10. The third-order valence-corrected chi connectivity index (χ3v) is 12.8. The van der Waals surface area contributed by atoms with Crippen molar-refractivity contribution in [3.63, 3.8) is 0 Å². The van der Waals surface area contributed by atoms with Crippen molar-refractivity contribution >= 4 is 11.9 Å². The van der Waals surface area contributed by atoms with Crippen molar-refractivity contribution in [3.8, 4) is 0 Å². The van der Waals surface area contributed by atoms with E-state index in [4.69, 9.17) is 4.74 Å². The molecule has 0 bridgehead atoms. The van der Waals surface area contributed by atoms with Crippen molar-refractivity contribution in [1.82, 2.24) is 5.32 Å². The number of hydrogen-bond donors (Lipinski definition) is 3. The molecule has 3 N–H and O–H groups in total. The van der Waals surface area contributed by atoms with Crippen LogP contribution < -0.4 is 5.32 Å². The summed E-state index contributed by atoms with van der Waals surface area (Å²) in [6.07, 6.45) is 67.1. The second-order valence-corrected chi connectivity index (χ2v) is 19.3. The van der Waals surface area contributed by atoms with Crippen LogP contribution in [0, 0.1) is 0 Å². The van der Waals surface area contributed by atoms with E-state index >= 15 is 0 Å². The second-order valence-electron chi connectivity index (χ2n) is 19.3. The van der Waals surface area contributed by atoms with Crippen LogP contribution in [0.15, 0.2) is 60.8 Å². The Labute approximate surface area is 409 Å². The van der Waals surface area contributed by atoms with Crippen molar-refractivity contribution < 1.29 is 24.5 Å². The molecule has 0 saturated carbocycles. The number of ether oxygens (including phenoxy) is 1. The highest BCUT2D eigenvalue weighted by atomic mass is 16.5. The Kier molecular flexibility index (Phi) is 51.5. The van der Waals surface area contributed by atoms with Crippen molar-refractivity contribution in [1.29, 1.82) is 0 Å². The first-order valence-electron chi connectivity index (χ1n) is 28.5. The summed E-state index contributed by atoms with van der Waals surface area (Å²) in [5.74, 6) is -0.497. The van der Waals surface area contributed by atoms with Crippen LogP contribution in [0.3, 0.4) is 0 Å². The molecule has 0 aromatic rings. The molecule has 0 aliphatic rings. The summed E-state index contributed by atoms with van der Waals surface area (Å²) in [6, 6.07) is -0.711. The zero-order valence-corrected chi connectivity index (χ0v) is 43.8. The molecule has 6 nitrogen and oxygen atoms in total. The number of carbonyl (C=O) groups excluding carboxylic acids is 2. The predicted molar refractivity (Wildman–Crippen MR) is 287 cm³/mol. The Morgan fingerprint density at radius 2 is 0.818 bits per heavy atom. The number of aliphatic hydroxyl groups is 2. The van der Waals surface area contributed by atoms with E-state index in [1.165, 1.54) is 141 Å². The largest absolute Gasteiger partial charge is 0.462 e. The van der Waals surface area contributed by atoms with Gasteiger partial charge in [0.1, 0.15) is 6.10 Å². The van der Waals surface area contributed by atoms with Crippen molar-refractivity contribution in [2.45, 2.75) is 302 Å². The van der Waals surface area contributed by atoms with E-state index in [0.717, 1.165) is 96.3 Å². The van der Waals surface area contributed by atoms with Gasteiger partial charge in [-0.25, -0.2) is 0 Å². The molecule has 0 fully saturated rings. The highest BCUT2D eigenvalue weighted by molar-refractivity contribution is 5.77. The number of nitrogens with one attached hydrogen (secondary N) is 1. The summed E-state index contributed by atoms with van der Waals surface area (Å²) < 4.78 is 5.94. The smallest absolute Gasteiger partial charge is 0.306 e. The highest BCUT2D eigenvalue weighted by Gasteiger charge is 2.24. The third kappa shape index (κ3) is 48.0. The summed E-state index contributed by atoms with van der Waals surface area (Å²) in [5, 5.41) is 23.9. The highest BCUT2D eigenvalue weighted by Crippen LogP contribution is 2.18. The zero-order chi connectivity index (χ0) is 48.1. The van der Waals surface area contributed by atoms with E-state index < -0.39 is 18.2 Å². The molecule has 0 saturated heterocycles. The topological polar surface area (TPSA) is 95.9 Å². The Balaban J connectivity index is 4.52. The maximum absolute atomic E-state index is 13.2. The Bertz CT molecular complexity index is 1170. The van der Waals surface area contributed by atoms with Gasteiger partial charge >= 0.3 is 5.97 Å². The molecule has 0 radical (unpaired) electrons. The molecule has 1 amide bonds. The third-order valence-electron chi connectivity index (χ3n) is 12.8. The molecule has 0 rings (SSSR count). The standard InChI is InChI=1S/C60H109NO5/c1-4-7-10-13-16-19-22-25-27-29-30-31-33-35-38-41-44-47-50-53-60(65)66-56(51-48-45-42-39-36-24-21-18-15-12-9-6-3)54-59(64)61-57(55-62)58(63)52-49-46-43-40-37-34-32-28-26-23-20-17-14-11-8-5-2/h9,12,16,18-19,21,25,27,30-31,56-58,62-63H,4-8,10-11,13-15,17,20,22-24,26,28-29,32-55H2,1-3H3,(H,61,64)/b12-9+,19-16-,21-18+,27-25-,31-30-. The van der Waals surface area contributed by atoms with Gasteiger partial charge in [0.05, 0.1) is 25.2 Å². The molecule has 0 aliphatic carbocycles. The lowest BCUT2D eigenvalue weighted by atomic mass is 10.0. The van der Waals surface area contributed by atoms with Gasteiger partial charge in [-0.3, -0.25) is 9.59 Å². The summed E-state index contributed by atoms with van der Waals surface area (Å²) >= 11 is 0. The summed E-state index contributed by atoms with van der Waals surface area (Å²) in [6.45, 7) is 6.37. The van der Waals surface area contributed by atoms with E-state index in [9.17, 15) is 19.8 Å². The normalized spacial score (nSPS) is 13.6. The molecule has 0 aromatic heterocycles. The minimum absolute atomic E-state index is 0.0621. The molecule has 0 heterocycles. The molecule has 384 valence electrons. The lowest BCUT2D eigenvalue weighted by Crippen LogP contribution is -2.46. The average Bonchev–Trinajstić information content (AvgIpc) is 3.31. The molecule has 3 unspecified atom stereocenters. The molecule has 3 atom stereocenters. The van der Waals surface area contributed by atoms with Crippen molar-refractivity contribution in [3.05, 3.63) is 60.8 Å². The van der Waals surface area contributed by atoms with Gasteiger partial charge in [-0.1, -0.05) is 242 Å². The maximum Gasteiger partial charge on any atom is 0.306 e. The number of unbranched alkanes of at least 4 members (excludes halogenated alkanes) is 29. The molecule has 6 heteroatoms. The zero-order valence-electron chi connectivity index (χ0n) is 43.8. The number of hydrogen-bond acceptors (Lipinski definition) is 5. The van der Waals surface area contributed by atoms with E-state index in [2.05, 4.69) is 86.8 Å². The van der Waals surface area contributed by atoms with E-state index in [1.54, 1.807) is 0 Å². The number of aliphatic hydroxyl groups excluding tert-OH is 2. The van der Waals surface area contributed by atoms with Crippen molar-refractivity contribution in [2.24, 2.45) is 0 Å². The van der Waals surface area contributed by atoms with Gasteiger partial charge in [-0.2, -0.15) is 0 Å². The fourth-order valence-electron chi connectivity index (χ4n) is 8.53. The van der Waals surface area contributed by atoms with Gasteiger partial charge in [0.25, 0.3) is 0 Å². The minimum atomic E-state index is -0.796. The number of rotatable bonds is 51. The lowest BCUT2D eigenvalue weighted by Gasteiger charge is -2.24. The van der Waals surface area contributed by atoms with Gasteiger partial charge in [0, 0.05) is 6.42 Å². The minimum Gasteiger partial charge on any atom is -0.462 e. The van der Waals surface area contributed by atoms with Crippen molar-refractivity contribution in [2.75, 3.05) is 6.61 Å². The van der Waals surface area contributed by atoms with Crippen LogP contribution in [-0.2, 0) is 14.3 Å². The number of amides is 1. The SMILES string of the molecule is CC/C=C/C/C=C/CCCCCCCC(CC(=O)NC(CO)C(O)CCCCCCCCCCCCCCCCCC)OC(=O)CCCCCCCC/C=C\C/C=C\C/C=C\CCCCC. The van der Waals surface area contributed by atoms with Gasteiger partial charge in [-0.15, -0.1) is 0 Å². The fraction of sp³-hybridized carbons (Fsp3) is 0.800. The molecule has 0 spiro atoms. The number of esters is 1. The van der Waals surface area contributed by atoms with Crippen LogP contribution in [0.25, 0.3) is 0 Å². The van der Waals surface area contributed by atoms with E-state index in [0.29, 0.717) is 19.3 Å². The van der Waals surface area contributed by atoms with Gasteiger partial charge in [-0.05, 0) is 89.9 Å². The van der Waals surface area contributed by atoms with Gasteiger partial charge in [0.15, 0.2) is 0 Å². The molecular weight excluding hydrogens is 815 g/mol. The first-order valence-corrected chi connectivity index (χ1v) is 28.5. The lowest BCUT2D eigenvalue weighted by molar-refractivity contribution is -0.151. The first kappa shape index (κ1) is 63.6. The van der Waals surface area contributed by atoms with Crippen LogP contribution in [-0.4, -0.2) is 46.9 Å². The molecule has 0 aromatic carbocycles. The molecule has 0 aliphatic heterocycles. The first-order chi connectivity index (χ1) is 32.5. The van der Waals surface area contributed by atoms with Gasteiger partial charge < -0.3 is 20.3 Å². The Hall–Kier alpha value is -2.44. The van der Waals surface area contributed by atoms with Crippen LogP contribution in [0.2, 0.25) is 0 Å². The summed E-state index contributed by atoms with van der Waals surface area (Å²) in [5.41, 5.74) is 0. The van der Waals surface area contributed by atoms with Crippen LogP contribution in [0.5, 0.6) is 0 Å². The summed E-state index contributed by atoms with van der Waals surface area (Å²) in [4.78, 5) is 26.2.